The number of ether oxygens (including phenoxy) is 1. The Morgan fingerprint density at radius 1 is 1.31 bits per heavy atom. The summed E-state index contributed by atoms with van der Waals surface area (Å²) in [6, 6.07) is 2.05. The van der Waals surface area contributed by atoms with Crippen molar-refractivity contribution in [2.45, 2.75) is 25.4 Å². The molecule has 0 bridgehead atoms. The number of carbonyl (C=O) groups excluding carboxylic acids is 3. The van der Waals surface area contributed by atoms with Gasteiger partial charge in [-0.25, -0.2) is 4.79 Å². The van der Waals surface area contributed by atoms with Gasteiger partial charge in [0.1, 0.15) is 11.8 Å². The molecule has 0 unspecified atom stereocenters. The summed E-state index contributed by atoms with van der Waals surface area (Å²) in [4.78, 5) is 39.7. The van der Waals surface area contributed by atoms with Crippen molar-refractivity contribution in [1.29, 1.82) is 0 Å². The number of amides is 4. The standard InChI is InChI=1S/C17H24N4O5/c22-15(18-4-2-5-20-6-9-25-10-7-20)11-14-16(23)21(17(24)19-14)12-13-3-1-8-26-13/h1,3,8,14H,2,4-7,9-12H2,(H,18,22)(H,19,24)/t14-/m0/s1. The summed E-state index contributed by atoms with van der Waals surface area (Å²) in [7, 11) is 0. The number of nitrogens with zero attached hydrogens (tertiary/aromatic N) is 2. The third-order valence-corrected chi connectivity index (χ3v) is 4.47. The number of urea groups is 1. The lowest BCUT2D eigenvalue weighted by Gasteiger charge is -2.26. The van der Waals surface area contributed by atoms with E-state index >= 15 is 0 Å². The summed E-state index contributed by atoms with van der Waals surface area (Å²) in [6.07, 6.45) is 2.26. The molecule has 9 heteroatoms. The molecule has 2 aliphatic heterocycles. The molecule has 0 radical (unpaired) electrons. The Kier molecular flexibility index (Phi) is 6.24. The second-order valence-corrected chi connectivity index (χ2v) is 6.37. The van der Waals surface area contributed by atoms with Gasteiger partial charge in [0.2, 0.25) is 5.91 Å². The van der Waals surface area contributed by atoms with E-state index in [1.54, 1.807) is 12.1 Å². The Morgan fingerprint density at radius 3 is 2.85 bits per heavy atom. The molecule has 0 aromatic carbocycles. The fourth-order valence-electron chi connectivity index (χ4n) is 3.04. The zero-order valence-electron chi connectivity index (χ0n) is 14.6. The molecule has 1 aromatic rings. The summed E-state index contributed by atoms with van der Waals surface area (Å²) in [6.45, 7) is 4.86. The van der Waals surface area contributed by atoms with Crippen LogP contribution in [0.5, 0.6) is 0 Å². The third kappa shape index (κ3) is 4.83. The van der Waals surface area contributed by atoms with Gasteiger partial charge in [0.25, 0.3) is 5.91 Å². The molecule has 3 rings (SSSR count). The number of hydrogen-bond acceptors (Lipinski definition) is 6. The van der Waals surface area contributed by atoms with E-state index in [1.807, 2.05) is 0 Å². The molecule has 1 atom stereocenters. The Bertz CT molecular complexity index is 627. The molecule has 3 heterocycles. The van der Waals surface area contributed by atoms with E-state index in [2.05, 4.69) is 15.5 Å². The number of nitrogens with one attached hydrogen (secondary N) is 2. The molecule has 0 saturated carbocycles. The summed E-state index contributed by atoms with van der Waals surface area (Å²) in [5.41, 5.74) is 0. The Labute approximate surface area is 151 Å². The van der Waals surface area contributed by atoms with E-state index in [0.717, 1.165) is 44.2 Å². The molecular formula is C17H24N4O5. The first-order valence-corrected chi connectivity index (χ1v) is 8.84. The molecule has 0 aliphatic carbocycles. The molecule has 2 saturated heterocycles. The molecule has 2 aliphatic rings. The molecule has 9 nitrogen and oxygen atoms in total. The van der Waals surface area contributed by atoms with Crippen LogP contribution in [0.15, 0.2) is 22.8 Å². The summed E-state index contributed by atoms with van der Waals surface area (Å²) in [5, 5.41) is 5.36. The number of imide groups is 1. The van der Waals surface area contributed by atoms with Crippen LogP contribution in [-0.2, 0) is 20.9 Å². The monoisotopic (exact) mass is 364 g/mol. The largest absolute Gasteiger partial charge is 0.467 e. The highest BCUT2D eigenvalue weighted by atomic mass is 16.5. The van der Waals surface area contributed by atoms with Crippen molar-refractivity contribution in [3.8, 4) is 0 Å². The average Bonchev–Trinajstić information content (AvgIpc) is 3.24. The van der Waals surface area contributed by atoms with Crippen molar-refractivity contribution in [3.05, 3.63) is 24.2 Å². The first kappa shape index (κ1) is 18.4. The van der Waals surface area contributed by atoms with Gasteiger partial charge in [-0.15, -0.1) is 0 Å². The third-order valence-electron chi connectivity index (χ3n) is 4.47. The zero-order chi connectivity index (χ0) is 18.4. The van der Waals surface area contributed by atoms with Gasteiger partial charge in [-0.05, 0) is 25.1 Å². The number of rotatable bonds is 8. The van der Waals surface area contributed by atoms with Crippen LogP contribution in [0.1, 0.15) is 18.6 Å². The van der Waals surface area contributed by atoms with Crippen molar-refractivity contribution in [2.75, 3.05) is 39.4 Å². The molecule has 2 N–H and O–H groups in total. The first-order valence-electron chi connectivity index (χ1n) is 8.84. The molecule has 2 fully saturated rings. The molecule has 0 spiro atoms. The lowest BCUT2D eigenvalue weighted by atomic mass is 10.2. The first-order chi connectivity index (χ1) is 12.6. The second-order valence-electron chi connectivity index (χ2n) is 6.37. The number of morpholine rings is 1. The zero-order valence-corrected chi connectivity index (χ0v) is 14.6. The SMILES string of the molecule is O=C(C[C@@H]1NC(=O)N(Cc2ccco2)C1=O)NCCCN1CCOCC1. The number of carbonyl (C=O) groups is 3. The van der Waals surface area contributed by atoms with Crippen LogP contribution in [0.4, 0.5) is 4.79 Å². The predicted molar refractivity (Wildman–Crippen MR) is 91.1 cm³/mol. The second kappa shape index (κ2) is 8.81. The maximum Gasteiger partial charge on any atom is 0.325 e. The van der Waals surface area contributed by atoms with Gasteiger partial charge < -0.3 is 19.8 Å². The lowest BCUT2D eigenvalue weighted by Crippen LogP contribution is -2.39. The van der Waals surface area contributed by atoms with Gasteiger partial charge in [-0.3, -0.25) is 19.4 Å². The minimum absolute atomic E-state index is 0.0587. The Hall–Kier alpha value is -2.39. The van der Waals surface area contributed by atoms with E-state index in [4.69, 9.17) is 9.15 Å². The maximum absolute atomic E-state index is 12.3. The normalized spacial score (nSPS) is 21.1. The van der Waals surface area contributed by atoms with E-state index in [1.165, 1.54) is 6.26 Å². The summed E-state index contributed by atoms with van der Waals surface area (Å²) in [5.74, 6) is -0.137. The van der Waals surface area contributed by atoms with Gasteiger partial charge >= 0.3 is 6.03 Å². The predicted octanol–water partition coefficient (Wildman–Crippen LogP) is -0.0714. The highest BCUT2D eigenvalue weighted by molar-refractivity contribution is 6.05. The Morgan fingerprint density at radius 2 is 2.12 bits per heavy atom. The Balaban J connectivity index is 1.37. The maximum atomic E-state index is 12.3. The molecule has 142 valence electrons. The molecule has 4 amide bonds. The summed E-state index contributed by atoms with van der Waals surface area (Å²) < 4.78 is 10.5. The number of furan rings is 1. The molecule has 1 aromatic heterocycles. The highest BCUT2D eigenvalue weighted by Gasteiger charge is 2.39. The van der Waals surface area contributed by atoms with Crippen LogP contribution in [0.25, 0.3) is 0 Å². The van der Waals surface area contributed by atoms with Gasteiger partial charge in [0.05, 0.1) is 32.4 Å². The fraction of sp³-hybridized carbons (Fsp3) is 0.588. The lowest BCUT2D eigenvalue weighted by molar-refractivity contribution is -0.131. The highest BCUT2D eigenvalue weighted by Crippen LogP contribution is 2.14. The van der Waals surface area contributed by atoms with Crippen molar-refractivity contribution >= 4 is 17.8 Å². The minimum Gasteiger partial charge on any atom is -0.467 e. The topological polar surface area (TPSA) is 104 Å². The fourth-order valence-corrected chi connectivity index (χ4v) is 3.04. The quantitative estimate of drug-likeness (QED) is 0.494. The summed E-state index contributed by atoms with van der Waals surface area (Å²) >= 11 is 0. The smallest absolute Gasteiger partial charge is 0.325 e. The molecular weight excluding hydrogens is 340 g/mol. The van der Waals surface area contributed by atoms with Gasteiger partial charge in [-0.1, -0.05) is 0 Å². The van der Waals surface area contributed by atoms with Crippen LogP contribution < -0.4 is 10.6 Å². The van der Waals surface area contributed by atoms with Crippen LogP contribution in [0.3, 0.4) is 0 Å². The van der Waals surface area contributed by atoms with Crippen molar-refractivity contribution in [1.82, 2.24) is 20.4 Å². The van der Waals surface area contributed by atoms with E-state index in [-0.39, 0.29) is 18.9 Å². The van der Waals surface area contributed by atoms with E-state index < -0.39 is 18.0 Å². The van der Waals surface area contributed by atoms with Crippen molar-refractivity contribution in [2.24, 2.45) is 0 Å². The minimum atomic E-state index is -0.822. The number of hydrogen-bond donors (Lipinski definition) is 2. The van der Waals surface area contributed by atoms with E-state index in [9.17, 15) is 14.4 Å². The van der Waals surface area contributed by atoms with Gasteiger partial charge in [0.15, 0.2) is 0 Å². The van der Waals surface area contributed by atoms with Crippen molar-refractivity contribution in [3.63, 3.8) is 0 Å². The molecule has 26 heavy (non-hydrogen) atoms. The van der Waals surface area contributed by atoms with Gasteiger partial charge in [-0.2, -0.15) is 0 Å². The van der Waals surface area contributed by atoms with Crippen molar-refractivity contribution < 1.29 is 23.5 Å². The van der Waals surface area contributed by atoms with Gasteiger partial charge in [0, 0.05) is 19.6 Å². The van der Waals surface area contributed by atoms with Crippen LogP contribution >= 0.6 is 0 Å². The van der Waals surface area contributed by atoms with Crippen LogP contribution in [-0.4, -0.2) is 73.1 Å². The van der Waals surface area contributed by atoms with Crippen LogP contribution in [0.2, 0.25) is 0 Å². The van der Waals surface area contributed by atoms with E-state index in [0.29, 0.717) is 12.3 Å². The average molecular weight is 364 g/mol. The van der Waals surface area contributed by atoms with Crippen LogP contribution in [0, 0.1) is 0 Å².